The van der Waals surface area contributed by atoms with E-state index in [1.54, 1.807) is 6.07 Å². The van der Waals surface area contributed by atoms with Gasteiger partial charge in [0.1, 0.15) is 11.8 Å². The van der Waals surface area contributed by atoms with Gasteiger partial charge in [-0.1, -0.05) is 51.7 Å². The first-order chi connectivity index (χ1) is 12.9. The van der Waals surface area contributed by atoms with Crippen LogP contribution in [0, 0.1) is 0 Å². The van der Waals surface area contributed by atoms with Gasteiger partial charge in [0.25, 0.3) is 0 Å². The molecule has 1 aromatic rings. The Balaban J connectivity index is 2.36. The molecule has 1 aromatic carbocycles. The van der Waals surface area contributed by atoms with Gasteiger partial charge in [-0.25, -0.2) is 0 Å². The van der Waals surface area contributed by atoms with Crippen LogP contribution in [-0.2, 0) is 31.9 Å². The van der Waals surface area contributed by atoms with Gasteiger partial charge in [-0.15, -0.1) is 0 Å². The summed E-state index contributed by atoms with van der Waals surface area (Å²) in [4.78, 5) is 23.8. The van der Waals surface area contributed by atoms with E-state index in [2.05, 4.69) is 6.92 Å². The van der Waals surface area contributed by atoms with E-state index < -0.39 is 18.3 Å². The molecule has 2 atom stereocenters. The molecule has 0 aromatic heterocycles. The minimum absolute atomic E-state index is 0.191. The maximum atomic E-state index is 12.1. The molecule has 0 bridgehead atoms. The quantitative estimate of drug-likeness (QED) is 0.327. The van der Waals surface area contributed by atoms with Crippen molar-refractivity contribution in [3.05, 3.63) is 29.3 Å². The summed E-state index contributed by atoms with van der Waals surface area (Å²) < 4.78 is 10.2. The molecule has 0 spiro atoms. The Morgan fingerprint density at radius 2 is 1.81 bits per heavy atom. The van der Waals surface area contributed by atoms with Gasteiger partial charge in [-0.05, 0) is 36.5 Å². The number of hydrogen-bond donors (Lipinski definition) is 2. The number of benzene rings is 1. The molecule has 6 nitrogen and oxygen atoms in total. The van der Waals surface area contributed by atoms with Crippen molar-refractivity contribution < 1.29 is 24.2 Å². The highest BCUT2D eigenvalue weighted by molar-refractivity contribution is 5.76. The molecular weight excluding hydrogens is 346 g/mol. The Bertz CT molecular complexity index is 602. The number of aromatic hydroxyl groups is 1. The Morgan fingerprint density at radius 3 is 2.44 bits per heavy atom. The Labute approximate surface area is 162 Å². The van der Waals surface area contributed by atoms with Crippen molar-refractivity contribution in [2.24, 2.45) is 5.73 Å². The van der Waals surface area contributed by atoms with Gasteiger partial charge in [0, 0.05) is 13.3 Å². The largest absolute Gasteiger partial charge is 0.508 e. The van der Waals surface area contributed by atoms with Gasteiger partial charge < -0.3 is 20.3 Å². The number of esters is 2. The number of unbranched alkanes of at least 4 members (excludes halogenated alkanes) is 4. The van der Waals surface area contributed by atoms with Crippen LogP contribution in [-0.4, -0.2) is 29.4 Å². The van der Waals surface area contributed by atoms with Crippen LogP contribution in [0.5, 0.6) is 5.75 Å². The standard InChI is InChI=1S/C21H33NO5/c1-4-6-7-8-9-10-20(24)26-15(3)27-21(25)18(22)13-16-11-12-17(5-2)19(23)14-16/h11-12,14-15,18,23H,4-10,13,22H2,1-3H3/t15?,18-/m0/s1. The van der Waals surface area contributed by atoms with Crippen molar-refractivity contribution in [1.29, 1.82) is 0 Å². The number of carbonyl (C=O) groups is 2. The van der Waals surface area contributed by atoms with Gasteiger partial charge >= 0.3 is 11.9 Å². The highest BCUT2D eigenvalue weighted by atomic mass is 16.7. The van der Waals surface area contributed by atoms with Gasteiger partial charge in [0.15, 0.2) is 0 Å². The lowest BCUT2D eigenvalue weighted by atomic mass is 10.0. The second kappa shape index (κ2) is 12.3. The lowest BCUT2D eigenvalue weighted by Crippen LogP contribution is -2.37. The molecule has 0 saturated carbocycles. The Kier molecular flexibility index (Phi) is 10.5. The molecule has 0 radical (unpaired) electrons. The van der Waals surface area contributed by atoms with Crippen molar-refractivity contribution >= 4 is 11.9 Å². The number of nitrogens with two attached hydrogens (primary N) is 1. The fourth-order valence-electron chi connectivity index (χ4n) is 2.76. The maximum Gasteiger partial charge on any atom is 0.326 e. The molecule has 0 fully saturated rings. The van der Waals surface area contributed by atoms with Crippen molar-refractivity contribution in [1.82, 2.24) is 0 Å². The first-order valence-electron chi connectivity index (χ1n) is 9.83. The van der Waals surface area contributed by atoms with Crippen LogP contribution in [0.25, 0.3) is 0 Å². The summed E-state index contributed by atoms with van der Waals surface area (Å²) in [6.45, 7) is 5.59. The molecular formula is C21H33NO5. The molecule has 0 amide bonds. The number of phenols is 1. The predicted molar refractivity (Wildman–Crippen MR) is 104 cm³/mol. The summed E-state index contributed by atoms with van der Waals surface area (Å²) in [5.41, 5.74) is 7.46. The van der Waals surface area contributed by atoms with E-state index in [1.807, 2.05) is 19.1 Å². The van der Waals surface area contributed by atoms with E-state index in [-0.39, 0.29) is 18.1 Å². The molecule has 0 heterocycles. The van der Waals surface area contributed by atoms with Gasteiger partial charge in [-0.3, -0.25) is 9.59 Å². The first-order valence-corrected chi connectivity index (χ1v) is 9.83. The summed E-state index contributed by atoms with van der Waals surface area (Å²) in [5, 5.41) is 9.89. The zero-order chi connectivity index (χ0) is 20.2. The maximum absolute atomic E-state index is 12.1. The molecule has 0 saturated heterocycles. The van der Waals surface area contributed by atoms with Crippen LogP contribution in [0.1, 0.15) is 70.4 Å². The molecule has 1 unspecified atom stereocenters. The molecule has 0 aliphatic heterocycles. The van der Waals surface area contributed by atoms with E-state index in [0.29, 0.717) is 6.42 Å². The number of carbonyl (C=O) groups excluding carboxylic acids is 2. The number of aryl methyl sites for hydroxylation is 1. The molecule has 6 heteroatoms. The summed E-state index contributed by atoms with van der Waals surface area (Å²) in [6, 6.07) is 4.35. The van der Waals surface area contributed by atoms with E-state index in [9.17, 15) is 14.7 Å². The summed E-state index contributed by atoms with van der Waals surface area (Å²) >= 11 is 0. The van der Waals surface area contributed by atoms with Crippen LogP contribution in [0.15, 0.2) is 18.2 Å². The summed E-state index contributed by atoms with van der Waals surface area (Å²) in [7, 11) is 0. The van der Waals surface area contributed by atoms with E-state index in [1.165, 1.54) is 13.3 Å². The Morgan fingerprint density at radius 1 is 1.11 bits per heavy atom. The molecule has 0 aliphatic carbocycles. The zero-order valence-electron chi connectivity index (χ0n) is 16.7. The predicted octanol–water partition coefficient (Wildman–Crippen LogP) is 3.62. The second-order valence-corrected chi connectivity index (χ2v) is 6.79. The van der Waals surface area contributed by atoms with Crippen LogP contribution >= 0.6 is 0 Å². The topological polar surface area (TPSA) is 98.9 Å². The first kappa shape index (κ1) is 23.0. The van der Waals surface area contributed by atoms with Crippen molar-refractivity contribution in [3.8, 4) is 5.75 Å². The summed E-state index contributed by atoms with van der Waals surface area (Å²) in [6.07, 6.45) is 5.50. The molecule has 152 valence electrons. The van der Waals surface area contributed by atoms with E-state index >= 15 is 0 Å². The van der Waals surface area contributed by atoms with Crippen LogP contribution in [0.4, 0.5) is 0 Å². The third-order valence-electron chi connectivity index (χ3n) is 4.35. The minimum Gasteiger partial charge on any atom is -0.508 e. The Hall–Kier alpha value is -2.08. The second-order valence-electron chi connectivity index (χ2n) is 6.79. The number of hydrogen-bond acceptors (Lipinski definition) is 6. The SMILES string of the molecule is CCCCCCCC(=O)OC(C)OC(=O)[C@@H](N)Cc1ccc(CC)c(O)c1. The summed E-state index contributed by atoms with van der Waals surface area (Å²) in [5.74, 6) is -0.824. The van der Waals surface area contributed by atoms with Crippen molar-refractivity contribution in [2.75, 3.05) is 0 Å². The zero-order valence-corrected chi connectivity index (χ0v) is 16.7. The van der Waals surface area contributed by atoms with Crippen LogP contribution < -0.4 is 5.73 Å². The number of ether oxygens (including phenoxy) is 2. The fourth-order valence-corrected chi connectivity index (χ4v) is 2.76. The van der Waals surface area contributed by atoms with Gasteiger partial charge in [-0.2, -0.15) is 0 Å². The lowest BCUT2D eigenvalue weighted by molar-refractivity contribution is -0.185. The van der Waals surface area contributed by atoms with Gasteiger partial charge in [0.2, 0.25) is 6.29 Å². The highest BCUT2D eigenvalue weighted by Gasteiger charge is 2.20. The van der Waals surface area contributed by atoms with Crippen molar-refractivity contribution in [2.45, 2.75) is 84.5 Å². The lowest BCUT2D eigenvalue weighted by Gasteiger charge is -2.17. The minimum atomic E-state index is -0.970. The van der Waals surface area contributed by atoms with Gasteiger partial charge in [0.05, 0.1) is 0 Å². The smallest absolute Gasteiger partial charge is 0.326 e. The third kappa shape index (κ3) is 8.91. The average Bonchev–Trinajstić information content (AvgIpc) is 2.61. The molecule has 3 N–H and O–H groups in total. The average molecular weight is 379 g/mol. The third-order valence-corrected chi connectivity index (χ3v) is 4.35. The highest BCUT2D eigenvalue weighted by Crippen LogP contribution is 2.20. The molecule has 0 aliphatic rings. The van der Waals surface area contributed by atoms with Crippen LogP contribution in [0.2, 0.25) is 0 Å². The van der Waals surface area contributed by atoms with Crippen LogP contribution in [0.3, 0.4) is 0 Å². The fraction of sp³-hybridized carbons (Fsp3) is 0.619. The van der Waals surface area contributed by atoms with E-state index in [0.717, 1.165) is 43.2 Å². The number of rotatable bonds is 12. The normalized spacial score (nSPS) is 13.0. The molecule has 27 heavy (non-hydrogen) atoms. The number of phenolic OH excluding ortho intramolecular Hbond substituents is 1. The van der Waals surface area contributed by atoms with E-state index in [4.69, 9.17) is 15.2 Å². The monoisotopic (exact) mass is 379 g/mol. The molecule has 1 rings (SSSR count). The van der Waals surface area contributed by atoms with Crippen molar-refractivity contribution in [3.63, 3.8) is 0 Å².